The predicted octanol–water partition coefficient (Wildman–Crippen LogP) is 5.71. The number of ether oxygens (including phenoxy) is 3. The molecule has 0 spiro atoms. The molecule has 3 amide bonds. The van der Waals surface area contributed by atoms with Crippen molar-refractivity contribution in [1.29, 1.82) is 0 Å². The van der Waals surface area contributed by atoms with Gasteiger partial charge in [-0.25, -0.2) is 4.79 Å². The number of rotatable bonds is 9. The molecule has 0 bridgehead atoms. The number of nitroso groups, excluding NO2 is 1. The molecule has 5 rings (SSSR count). The molecule has 2 aliphatic heterocycles. The van der Waals surface area contributed by atoms with Gasteiger partial charge in [0.1, 0.15) is 5.75 Å². The van der Waals surface area contributed by atoms with Gasteiger partial charge in [0.05, 0.1) is 11.8 Å². The predicted molar refractivity (Wildman–Crippen MR) is 172 cm³/mol. The smallest absolute Gasteiger partial charge is 0.340 e. The number of amides is 3. The Bertz CT molecular complexity index is 1210. The van der Waals surface area contributed by atoms with E-state index in [1.807, 2.05) is 17.0 Å². The van der Waals surface area contributed by atoms with Crippen LogP contribution in [0.5, 0.6) is 17.2 Å². The van der Waals surface area contributed by atoms with E-state index in [2.05, 4.69) is 28.5 Å². The van der Waals surface area contributed by atoms with Gasteiger partial charge in [0.25, 0.3) is 5.91 Å². The summed E-state index contributed by atoms with van der Waals surface area (Å²) in [5.41, 5.74) is 1.19. The molecule has 3 aliphatic rings. The van der Waals surface area contributed by atoms with E-state index in [9.17, 15) is 14.5 Å². The summed E-state index contributed by atoms with van der Waals surface area (Å²) < 4.78 is 16.3. The molecule has 0 radical (unpaired) electrons. The Hall–Kier alpha value is -2.99. The Kier molecular flexibility index (Phi) is 14.6. The quantitative estimate of drug-likeness (QED) is 0.206. The maximum Gasteiger partial charge on any atom is 0.340 e. The number of benzene rings is 2. The number of alkyl halides is 1. The van der Waals surface area contributed by atoms with Gasteiger partial charge < -0.3 is 24.4 Å². The van der Waals surface area contributed by atoms with E-state index in [-0.39, 0.29) is 50.2 Å². The van der Waals surface area contributed by atoms with Gasteiger partial charge in [-0.15, -0.1) is 28.9 Å². The Balaban J connectivity index is 0.000000269. The number of carbonyl (C=O) groups is 2. The van der Waals surface area contributed by atoms with E-state index >= 15 is 0 Å². The van der Waals surface area contributed by atoms with Crippen molar-refractivity contribution in [1.82, 2.24) is 20.1 Å². The lowest BCUT2D eigenvalue weighted by Gasteiger charge is -2.34. The van der Waals surface area contributed by atoms with E-state index in [1.54, 1.807) is 24.3 Å². The van der Waals surface area contributed by atoms with Gasteiger partial charge in [0.2, 0.25) is 6.79 Å². The molecule has 2 fully saturated rings. The van der Waals surface area contributed by atoms with Crippen molar-refractivity contribution < 1.29 is 23.8 Å². The molecule has 1 saturated carbocycles. The number of fused-ring (bicyclic) bond motifs is 1. The molecule has 14 heteroatoms. The average molecular weight is 673 g/mol. The molecule has 0 atom stereocenters. The maximum atomic E-state index is 12.4. The molecule has 242 valence electrons. The molecule has 44 heavy (non-hydrogen) atoms. The van der Waals surface area contributed by atoms with E-state index < -0.39 is 6.03 Å². The lowest BCUT2D eigenvalue weighted by atomic mass is 9.87. The van der Waals surface area contributed by atoms with Crippen molar-refractivity contribution in [2.24, 2.45) is 11.2 Å². The van der Waals surface area contributed by atoms with E-state index in [0.29, 0.717) is 23.9 Å². The summed E-state index contributed by atoms with van der Waals surface area (Å²) in [6.07, 6.45) is 4.19. The fraction of sp³-hybridized carbons (Fsp3) is 0.533. The van der Waals surface area contributed by atoms with Crippen molar-refractivity contribution in [3.63, 3.8) is 0 Å². The summed E-state index contributed by atoms with van der Waals surface area (Å²) >= 11 is 11.3. The number of urea groups is 1. The number of piperazine rings is 1. The van der Waals surface area contributed by atoms with Gasteiger partial charge in [0.15, 0.2) is 18.1 Å². The first-order valence-corrected chi connectivity index (χ1v) is 15.5. The van der Waals surface area contributed by atoms with Crippen molar-refractivity contribution in [3.8, 4) is 17.2 Å². The molecule has 1 saturated heterocycles. The van der Waals surface area contributed by atoms with Crippen molar-refractivity contribution in [2.75, 3.05) is 52.0 Å². The van der Waals surface area contributed by atoms with Gasteiger partial charge in [-0.3, -0.25) is 9.69 Å². The number of nitrogens with one attached hydrogen (secondary N) is 1. The van der Waals surface area contributed by atoms with Crippen LogP contribution in [0.3, 0.4) is 0 Å². The largest absolute Gasteiger partial charge is 0.484 e. The Morgan fingerprint density at radius 3 is 2.36 bits per heavy atom. The van der Waals surface area contributed by atoms with Gasteiger partial charge in [0, 0.05) is 49.7 Å². The standard InChI is InChI=1S/C20H21ClN2O4.C10H18ClN3O2.ClH/c21-16-2-4-17(5-3-16)25-13-20(24)23-9-7-22(8-10-23)12-15-1-6-18-19(11-15)27-14-26-18;1-8-2-4-9(5-3-8)12-10(15)14(13-16)7-6-11;/h1-6,11H,7-10,12-14H2;8-9H,2-7H2,1H3,(H,12,15);1H. The monoisotopic (exact) mass is 671 g/mol. The maximum absolute atomic E-state index is 12.4. The second kappa shape index (κ2) is 18.1. The minimum atomic E-state index is -0.435. The van der Waals surface area contributed by atoms with Crippen LogP contribution in [-0.2, 0) is 11.3 Å². The van der Waals surface area contributed by atoms with Gasteiger partial charge in [-0.2, -0.15) is 5.01 Å². The molecular formula is C30H40Cl3N5O6. The van der Waals surface area contributed by atoms with Crippen molar-refractivity contribution in [2.45, 2.75) is 45.2 Å². The van der Waals surface area contributed by atoms with Crippen LogP contribution in [0.25, 0.3) is 0 Å². The number of halogens is 3. The van der Waals surface area contributed by atoms with Crippen molar-refractivity contribution in [3.05, 3.63) is 58.0 Å². The zero-order valence-electron chi connectivity index (χ0n) is 24.8. The van der Waals surface area contributed by atoms with Crippen molar-refractivity contribution >= 4 is 47.5 Å². The second-order valence-electron chi connectivity index (χ2n) is 10.9. The van der Waals surface area contributed by atoms with Crippen LogP contribution in [0.2, 0.25) is 5.02 Å². The van der Waals surface area contributed by atoms with Crippen LogP contribution in [-0.4, -0.2) is 84.8 Å². The highest BCUT2D eigenvalue weighted by molar-refractivity contribution is 6.30. The summed E-state index contributed by atoms with van der Waals surface area (Å²) in [4.78, 5) is 38.5. The Morgan fingerprint density at radius 1 is 1.02 bits per heavy atom. The minimum Gasteiger partial charge on any atom is -0.484 e. The van der Waals surface area contributed by atoms with Crippen LogP contribution in [0.1, 0.15) is 38.2 Å². The number of hydrogen-bond acceptors (Lipinski definition) is 8. The first kappa shape index (κ1) is 35.5. The minimum absolute atomic E-state index is 0. The summed E-state index contributed by atoms with van der Waals surface area (Å²) in [5.74, 6) is 3.20. The highest BCUT2D eigenvalue weighted by Crippen LogP contribution is 2.33. The fourth-order valence-corrected chi connectivity index (χ4v) is 5.42. The first-order valence-electron chi connectivity index (χ1n) is 14.6. The SMILES string of the molecule is CC1CCC(NC(=O)N(CCCl)N=O)CC1.Cl.O=C(COc1ccc(Cl)cc1)N1CCN(Cc2ccc3c(c2)OCO3)CC1. The van der Waals surface area contributed by atoms with Crippen LogP contribution in [0.15, 0.2) is 47.8 Å². The summed E-state index contributed by atoms with van der Waals surface area (Å²) in [6, 6.07) is 12.8. The molecule has 2 aromatic carbocycles. The number of carbonyl (C=O) groups excluding carboxylic acids is 2. The number of hydrogen-bond donors (Lipinski definition) is 1. The Labute approximate surface area is 274 Å². The zero-order chi connectivity index (χ0) is 30.6. The van der Waals surface area contributed by atoms with Gasteiger partial charge >= 0.3 is 6.03 Å². The third-order valence-corrected chi connectivity index (χ3v) is 8.14. The topological polar surface area (TPSA) is 113 Å². The molecule has 2 heterocycles. The molecule has 1 N–H and O–H groups in total. The summed E-state index contributed by atoms with van der Waals surface area (Å²) in [5, 5.41) is 6.94. The van der Waals surface area contributed by atoms with Crippen LogP contribution in [0.4, 0.5) is 4.79 Å². The molecule has 2 aromatic rings. The highest BCUT2D eigenvalue weighted by atomic mass is 35.5. The average Bonchev–Trinajstić information content (AvgIpc) is 3.49. The second-order valence-corrected chi connectivity index (χ2v) is 11.7. The number of nitrogens with zero attached hydrogens (tertiary/aromatic N) is 4. The third-order valence-electron chi connectivity index (χ3n) is 7.72. The molecule has 1 aliphatic carbocycles. The molecular weight excluding hydrogens is 633 g/mol. The van der Waals surface area contributed by atoms with E-state index in [1.165, 1.54) is 5.56 Å². The van der Waals surface area contributed by atoms with Gasteiger partial charge in [-0.1, -0.05) is 24.6 Å². The highest BCUT2D eigenvalue weighted by Gasteiger charge is 2.24. The van der Waals surface area contributed by atoms with E-state index in [0.717, 1.165) is 67.7 Å². The van der Waals surface area contributed by atoms with E-state index in [4.69, 9.17) is 37.4 Å². The normalized spacial score (nSPS) is 19.1. The van der Waals surface area contributed by atoms with Crippen LogP contribution in [0, 0.1) is 10.8 Å². The lowest BCUT2D eigenvalue weighted by Crippen LogP contribution is -2.49. The fourth-order valence-electron chi connectivity index (χ4n) is 5.13. The molecule has 11 nitrogen and oxygen atoms in total. The summed E-state index contributed by atoms with van der Waals surface area (Å²) in [6.45, 7) is 6.61. The Morgan fingerprint density at radius 2 is 1.70 bits per heavy atom. The lowest BCUT2D eigenvalue weighted by molar-refractivity contribution is -0.135. The zero-order valence-corrected chi connectivity index (χ0v) is 27.1. The van der Waals surface area contributed by atoms with Crippen LogP contribution >= 0.6 is 35.6 Å². The summed E-state index contributed by atoms with van der Waals surface area (Å²) in [7, 11) is 0. The molecule has 0 aromatic heterocycles. The third kappa shape index (κ3) is 10.9. The molecule has 0 unspecified atom stereocenters. The van der Waals surface area contributed by atoms with Crippen LogP contribution < -0.4 is 19.5 Å². The first-order chi connectivity index (χ1) is 20.8. The van der Waals surface area contributed by atoms with Gasteiger partial charge in [-0.05, 0) is 73.6 Å².